The monoisotopic (exact) mass is 326 g/mol. The Labute approximate surface area is 136 Å². The summed E-state index contributed by atoms with van der Waals surface area (Å²) in [6, 6.07) is 6.98. The number of carbonyl (C=O) groups excluding carboxylic acids is 2. The lowest BCUT2D eigenvalue weighted by Crippen LogP contribution is -2.43. The Kier molecular flexibility index (Phi) is 7.74. The van der Waals surface area contributed by atoms with Gasteiger partial charge in [0.1, 0.15) is 5.75 Å². The summed E-state index contributed by atoms with van der Waals surface area (Å²) in [7, 11) is 0. The molecule has 2 amide bonds. The lowest BCUT2D eigenvalue weighted by molar-refractivity contribution is -0.131. The number of carbonyl (C=O) groups is 2. The molecule has 0 aliphatic heterocycles. The van der Waals surface area contributed by atoms with Gasteiger partial charge in [-0.2, -0.15) is 0 Å². The third-order valence-electron chi connectivity index (χ3n) is 3.39. The molecule has 0 spiro atoms. The molecule has 1 aromatic rings. The summed E-state index contributed by atoms with van der Waals surface area (Å²) >= 11 is 5.77. The summed E-state index contributed by atoms with van der Waals surface area (Å²) in [5.41, 5.74) is 0. The topological polar surface area (TPSA) is 58.6 Å². The zero-order chi connectivity index (χ0) is 16.5. The van der Waals surface area contributed by atoms with Gasteiger partial charge < -0.3 is 15.0 Å². The number of halogens is 1. The van der Waals surface area contributed by atoms with E-state index in [0.29, 0.717) is 23.9 Å². The first-order valence-corrected chi connectivity index (χ1v) is 7.74. The molecule has 22 heavy (non-hydrogen) atoms. The summed E-state index contributed by atoms with van der Waals surface area (Å²) in [6.45, 7) is 6.40. The molecule has 6 heteroatoms. The van der Waals surface area contributed by atoms with Crippen molar-refractivity contribution in [1.29, 1.82) is 0 Å². The minimum Gasteiger partial charge on any atom is -0.484 e. The highest BCUT2D eigenvalue weighted by molar-refractivity contribution is 6.30. The van der Waals surface area contributed by atoms with Crippen LogP contribution in [-0.4, -0.2) is 42.5 Å². The summed E-state index contributed by atoms with van der Waals surface area (Å²) in [4.78, 5) is 25.0. The quantitative estimate of drug-likeness (QED) is 0.798. The van der Waals surface area contributed by atoms with E-state index >= 15 is 0 Å². The van der Waals surface area contributed by atoms with Crippen LogP contribution in [-0.2, 0) is 9.59 Å². The lowest BCUT2D eigenvalue weighted by Gasteiger charge is -2.27. The fraction of sp³-hybridized carbons (Fsp3) is 0.500. The molecule has 0 aliphatic carbocycles. The molecule has 0 bridgehead atoms. The van der Waals surface area contributed by atoms with E-state index in [4.69, 9.17) is 16.3 Å². The van der Waals surface area contributed by atoms with Crippen molar-refractivity contribution in [1.82, 2.24) is 10.2 Å². The number of nitrogens with one attached hydrogen (secondary N) is 1. The maximum Gasteiger partial charge on any atom is 0.258 e. The highest BCUT2D eigenvalue weighted by atomic mass is 35.5. The molecule has 122 valence electrons. The van der Waals surface area contributed by atoms with Crippen LogP contribution in [0.3, 0.4) is 0 Å². The molecule has 1 N–H and O–H groups in total. The van der Waals surface area contributed by atoms with E-state index in [1.165, 1.54) is 6.92 Å². The molecule has 1 rings (SSSR count). The molecular weight excluding hydrogens is 304 g/mol. The molecule has 1 atom stereocenters. The van der Waals surface area contributed by atoms with Crippen LogP contribution in [0.25, 0.3) is 0 Å². The second-order valence-corrected chi connectivity index (χ2v) is 5.50. The third-order valence-corrected chi connectivity index (χ3v) is 3.64. The van der Waals surface area contributed by atoms with Gasteiger partial charge >= 0.3 is 0 Å². The number of ether oxygens (including phenoxy) is 1. The molecule has 1 unspecified atom stereocenters. The fourth-order valence-electron chi connectivity index (χ4n) is 1.96. The van der Waals surface area contributed by atoms with Crippen LogP contribution in [0.4, 0.5) is 0 Å². The van der Waals surface area contributed by atoms with Gasteiger partial charge in [-0.25, -0.2) is 0 Å². The van der Waals surface area contributed by atoms with Gasteiger partial charge in [-0.3, -0.25) is 9.59 Å². The first-order chi connectivity index (χ1) is 10.4. The second kappa shape index (κ2) is 9.30. The van der Waals surface area contributed by atoms with E-state index in [-0.39, 0.29) is 24.5 Å². The van der Waals surface area contributed by atoms with Gasteiger partial charge in [0.25, 0.3) is 5.91 Å². The zero-order valence-electron chi connectivity index (χ0n) is 13.3. The van der Waals surface area contributed by atoms with Crippen molar-refractivity contribution in [3.8, 4) is 5.75 Å². The molecule has 0 radical (unpaired) electrons. The van der Waals surface area contributed by atoms with Gasteiger partial charge in [0.05, 0.1) is 0 Å². The van der Waals surface area contributed by atoms with Gasteiger partial charge in [0.15, 0.2) is 6.61 Å². The van der Waals surface area contributed by atoms with Crippen LogP contribution < -0.4 is 10.1 Å². The van der Waals surface area contributed by atoms with Crippen molar-refractivity contribution in [2.45, 2.75) is 33.2 Å². The number of benzene rings is 1. The van der Waals surface area contributed by atoms with E-state index in [1.54, 1.807) is 29.2 Å². The van der Waals surface area contributed by atoms with E-state index in [9.17, 15) is 9.59 Å². The number of rotatable bonds is 8. The Morgan fingerprint density at radius 3 is 2.50 bits per heavy atom. The van der Waals surface area contributed by atoms with Gasteiger partial charge in [0.2, 0.25) is 5.91 Å². The van der Waals surface area contributed by atoms with Crippen molar-refractivity contribution in [3.05, 3.63) is 29.3 Å². The summed E-state index contributed by atoms with van der Waals surface area (Å²) < 4.78 is 5.35. The van der Waals surface area contributed by atoms with Crippen molar-refractivity contribution >= 4 is 23.4 Å². The van der Waals surface area contributed by atoms with E-state index in [1.807, 2.05) is 13.8 Å². The average Bonchev–Trinajstić information content (AvgIpc) is 2.50. The van der Waals surface area contributed by atoms with Gasteiger partial charge in [0, 0.05) is 31.1 Å². The molecule has 5 nitrogen and oxygen atoms in total. The number of nitrogens with zero attached hydrogens (tertiary/aromatic N) is 1. The van der Waals surface area contributed by atoms with Crippen molar-refractivity contribution in [2.75, 3.05) is 19.7 Å². The Hall–Kier alpha value is -1.75. The predicted octanol–water partition coefficient (Wildman–Crippen LogP) is 2.48. The zero-order valence-corrected chi connectivity index (χ0v) is 14.0. The molecule has 0 fully saturated rings. The molecular formula is C16H23ClN2O3. The van der Waals surface area contributed by atoms with Gasteiger partial charge in [-0.1, -0.05) is 18.5 Å². The standard InChI is InChI=1S/C16H23ClN2O3/c1-4-12(2)19(13(3)20)10-9-18-16(21)11-22-15-7-5-14(17)6-8-15/h5-8,12H,4,9-11H2,1-3H3,(H,18,21). The van der Waals surface area contributed by atoms with Crippen LogP contribution in [0.1, 0.15) is 27.2 Å². The molecule has 0 heterocycles. The van der Waals surface area contributed by atoms with Gasteiger partial charge in [-0.05, 0) is 37.6 Å². The van der Waals surface area contributed by atoms with E-state index < -0.39 is 0 Å². The molecule has 0 saturated carbocycles. The Balaban J connectivity index is 2.30. The minimum absolute atomic E-state index is 0.0148. The number of amides is 2. The van der Waals surface area contributed by atoms with Crippen LogP contribution in [0.5, 0.6) is 5.75 Å². The average molecular weight is 327 g/mol. The fourth-order valence-corrected chi connectivity index (χ4v) is 2.08. The number of hydrogen-bond donors (Lipinski definition) is 1. The first kappa shape index (κ1) is 18.3. The maximum absolute atomic E-state index is 11.7. The van der Waals surface area contributed by atoms with Crippen LogP contribution >= 0.6 is 11.6 Å². The molecule has 0 saturated heterocycles. The van der Waals surface area contributed by atoms with E-state index in [0.717, 1.165) is 6.42 Å². The SMILES string of the molecule is CCC(C)N(CCNC(=O)COc1ccc(Cl)cc1)C(C)=O. The first-order valence-electron chi connectivity index (χ1n) is 7.36. The number of hydrogen-bond acceptors (Lipinski definition) is 3. The van der Waals surface area contributed by atoms with Crippen LogP contribution in [0.2, 0.25) is 5.02 Å². The largest absolute Gasteiger partial charge is 0.484 e. The molecule has 0 aliphatic rings. The van der Waals surface area contributed by atoms with Crippen molar-refractivity contribution in [3.63, 3.8) is 0 Å². The second-order valence-electron chi connectivity index (χ2n) is 5.06. The maximum atomic E-state index is 11.7. The summed E-state index contributed by atoms with van der Waals surface area (Å²) in [6.07, 6.45) is 0.882. The van der Waals surface area contributed by atoms with E-state index in [2.05, 4.69) is 5.32 Å². The smallest absolute Gasteiger partial charge is 0.258 e. The predicted molar refractivity (Wildman–Crippen MR) is 87.1 cm³/mol. The van der Waals surface area contributed by atoms with Crippen molar-refractivity contribution < 1.29 is 14.3 Å². The lowest BCUT2D eigenvalue weighted by atomic mass is 10.2. The summed E-state index contributed by atoms with van der Waals surface area (Å²) in [5.74, 6) is 0.383. The Bertz CT molecular complexity index is 491. The van der Waals surface area contributed by atoms with Crippen LogP contribution in [0, 0.1) is 0 Å². The summed E-state index contributed by atoms with van der Waals surface area (Å²) in [5, 5.41) is 3.36. The molecule has 0 aromatic heterocycles. The minimum atomic E-state index is -0.220. The Morgan fingerprint density at radius 2 is 1.95 bits per heavy atom. The molecule has 1 aromatic carbocycles. The third kappa shape index (κ3) is 6.35. The van der Waals surface area contributed by atoms with Crippen molar-refractivity contribution in [2.24, 2.45) is 0 Å². The van der Waals surface area contributed by atoms with Crippen LogP contribution in [0.15, 0.2) is 24.3 Å². The van der Waals surface area contributed by atoms with Gasteiger partial charge in [-0.15, -0.1) is 0 Å². The normalized spacial score (nSPS) is 11.6. The Morgan fingerprint density at radius 1 is 1.32 bits per heavy atom. The highest BCUT2D eigenvalue weighted by Gasteiger charge is 2.14. The highest BCUT2D eigenvalue weighted by Crippen LogP contribution is 2.15.